The summed E-state index contributed by atoms with van der Waals surface area (Å²) in [5, 5.41) is 7.26. The number of anilines is 3. The van der Waals surface area contributed by atoms with Crippen molar-refractivity contribution in [2.75, 3.05) is 4.90 Å². The molecule has 0 fully saturated rings. The molecule has 10 aromatic carbocycles. The van der Waals surface area contributed by atoms with Crippen LogP contribution < -0.4 is 4.90 Å². The normalized spacial score (nSPS) is 11.8. The van der Waals surface area contributed by atoms with Crippen molar-refractivity contribution in [2.24, 2.45) is 0 Å². The van der Waals surface area contributed by atoms with Gasteiger partial charge in [-0.25, -0.2) is 0 Å². The third-order valence-corrected chi connectivity index (χ3v) is 12.9. The lowest BCUT2D eigenvalue weighted by Gasteiger charge is -2.26. The minimum atomic E-state index is 0.902. The standard InChI is InChI=1S/C60H39N3O/c1-2-12-44(13-3-1)62-57-20-10-6-16-51(57)53-38-42(26-36-58(53)62)40-22-28-45(29-23-40)61(46-30-24-41(25-31-46)43-27-37-60-54(39-43)52-17-7-11-21-59(52)64-60)47-32-34-48(35-33-47)63-55-18-8-4-14-49(55)50-15-5-9-19-56(50)63/h1-39H. The Labute approximate surface area is 369 Å². The highest BCUT2D eigenvalue weighted by molar-refractivity contribution is 6.11. The quantitative estimate of drug-likeness (QED) is 0.160. The second-order valence-electron chi connectivity index (χ2n) is 16.5. The predicted molar refractivity (Wildman–Crippen MR) is 268 cm³/mol. The highest BCUT2D eigenvalue weighted by Gasteiger charge is 2.18. The van der Waals surface area contributed by atoms with Crippen molar-refractivity contribution in [3.05, 3.63) is 237 Å². The van der Waals surface area contributed by atoms with Crippen LogP contribution in [-0.2, 0) is 0 Å². The second-order valence-corrected chi connectivity index (χ2v) is 16.5. The van der Waals surface area contributed by atoms with Crippen molar-refractivity contribution < 1.29 is 4.42 Å². The molecule has 3 aromatic heterocycles. The van der Waals surface area contributed by atoms with Crippen LogP contribution in [0.1, 0.15) is 0 Å². The summed E-state index contributed by atoms with van der Waals surface area (Å²) >= 11 is 0. The van der Waals surface area contributed by atoms with Gasteiger partial charge in [-0.3, -0.25) is 0 Å². The molecule has 0 aliphatic carbocycles. The number of hydrogen-bond donors (Lipinski definition) is 0. The summed E-state index contributed by atoms with van der Waals surface area (Å²) in [5.41, 5.74) is 16.8. The summed E-state index contributed by atoms with van der Waals surface area (Å²) in [6.45, 7) is 0. The summed E-state index contributed by atoms with van der Waals surface area (Å²) in [6.07, 6.45) is 0. The van der Waals surface area contributed by atoms with Crippen LogP contribution >= 0.6 is 0 Å². The molecule has 0 saturated carbocycles. The molecule has 4 nitrogen and oxygen atoms in total. The fourth-order valence-electron chi connectivity index (χ4n) is 9.92. The maximum absolute atomic E-state index is 6.15. The van der Waals surface area contributed by atoms with Gasteiger partial charge in [0.2, 0.25) is 0 Å². The minimum Gasteiger partial charge on any atom is -0.456 e. The molecule has 0 bridgehead atoms. The molecule has 0 saturated heterocycles. The highest BCUT2D eigenvalue weighted by atomic mass is 16.3. The monoisotopic (exact) mass is 817 g/mol. The first-order valence-electron chi connectivity index (χ1n) is 21.8. The zero-order valence-electron chi connectivity index (χ0n) is 34.8. The van der Waals surface area contributed by atoms with Crippen molar-refractivity contribution in [3.63, 3.8) is 0 Å². The molecule has 0 amide bonds. The lowest BCUT2D eigenvalue weighted by molar-refractivity contribution is 0.669. The van der Waals surface area contributed by atoms with Crippen LogP contribution in [0, 0.1) is 0 Å². The first-order chi connectivity index (χ1) is 31.7. The Hall–Kier alpha value is -8.60. The zero-order valence-corrected chi connectivity index (χ0v) is 34.8. The van der Waals surface area contributed by atoms with E-state index in [1.807, 2.05) is 12.1 Å². The molecule has 0 aliphatic rings. The molecular formula is C60H39N3O. The minimum absolute atomic E-state index is 0.902. The molecule has 13 rings (SSSR count). The van der Waals surface area contributed by atoms with Crippen LogP contribution in [0.5, 0.6) is 0 Å². The third-order valence-electron chi connectivity index (χ3n) is 12.9. The van der Waals surface area contributed by atoms with Crippen LogP contribution in [0.2, 0.25) is 0 Å². The number of aromatic nitrogens is 2. The van der Waals surface area contributed by atoms with E-state index in [1.54, 1.807) is 0 Å². The summed E-state index contributed by atoms with van der Waals surface area (Å²) < 4.78 is 10.9. The van der Waals surface area contributed by atoms with Crippen molar-refractivity contribution in [3.8, 4) is 33.6 Å². The first kappa shape index (κ1) is 36.1. The Kier molecular flexibility index (Phi) is 8.18. The van der Waals surface area contributed by atoms with E-state index >= 15 is 0 Å². The predicted octanol–water partition coefficient (Wildman–Crippen LogP) is 16.6. The van der Waals surface area contributed by atoms with Gasteiger partial charge in [0.25, 0.3) is 0 Å². The molecule has 0 N–H and O–H groups in total. The van der Waals surface area contributed by atoms with E-state index in [1.165, 1.54) is 54.7 Å². The fourth-order valence-corrected chi connectivity index (χ4v) is 9.92. The molecule has 0 spiro atoms. The summed E-state index contributed by atoms with van der Waals surface area (Å²) in [6, 6.07) is 85.2. The van der Waals surface area contributed by atoms with Crippen molar-refractivity contribution in [2.45, 2.75) is 0 Å². The van der Waals surface area contributed by atoms with E-state index in [0.717, 1.165) is 61.5 Å². The van der Waals surface area contributed by atoms with Crippen LogP contribution in [0.25, 0.3) is 99.2 Å². The van der Waals surface area contributed by atoms with Gasteiger partial charge < -0.3 is 18.5 Å². The SMILES string of the molecule is c1ccc(-n2c3ccccc3c3cc(-c4ccc(N(c5ccc(-c6ccc7oc8ccccc8c7c6)cc5)c5ccc(-n6c7ccccc7c7ccccc76)cc5)cc4)ccc32)cc1. The lowest BCUT2D eigenvalue weighted by atomic mass is 10.0. The van der Waals surface area contributed by atoms with Gasteiger partial charge in [-0.05, 0) is 131 Å². The van der Waals surface area contributed by atoms with E-state index in [2.05, 4.69) is 238 Å². The molecule has 0 unspecified atom stereocenters. The van der Waals surface area contributed by atoms with Crippen molar-refractivity contribution >= 4 is 82.6 Å². The zero-order chi connectivity index (χ0) is 42.1. The van der Waals surface area contributed by atoms with Gasteiger partial charge in [0.15, 0.2) is 0 Å². The van der Waals surface area contributed by atoms with Crippen LogP contribution in [0.15, 0.2) is 241 Å². The van der Waals surface area contributed by atoms with E-state index in [-0.39, 0.29) is 0 Å². The molecule has 4 heteroatoms. The summed E-state index contributed by atoms with van der Waals surface area (Å²) in [4.78, 5) is 2.35. The summed E-state index contributed by atoms with van der Waals surface area (Å²) in [7, 11) is 0. The van der Waals surface area contributed by atoms with Crippen molar-refractivity contribution in [1.29, 1.82) is 0 Å². The average molecular weight is 818 g/mol. The van der Waals surface area contributed by atoms with E-state index < -0.39 is 0 Å². The van der Waals surface area contributed by atoms with Gasteiger partial charge in [-0.2, -0.15) is 0 Å². The maximum atomic E-state index is 6.15. The smallest absolute Gasteiger partial charge is 0.135 e. The van der Waals surface area contributed by atoms with Crippen LogP contribution in [0.3, 0.4) is 0 Å². The third kappa shape index (κ3) is 5.77. The molecule has 0 radical (unpaired) electrons. The lowest BCUT2D eigenvalue weighted by Crippen LogP contribution is -2.10. The largest absolute Gasteiger partial charge is 0.456 e. The fraction of sp³-hybridized carbons (Fsp3) is 0. The molecule has 300 valence electrons. The van der Waals surface area contributed by atoms with Crippen molar-refractivity contribution in [1.82, 2.24) is 9.13 Å². The highest BCUT2D eigenvalue weighted by Crippen LogP contribution is 2.41. The number of fused-ring (bicyclic) bond motifs is 9. The Balaban J connectivity index is 0.901. The molecule has 3 heterocycles. The van der Waals surface area contributed by atoms with Crippen LogP contribution in [0.4, 0.5) is 17.1 Å². The number of rotatable bonds is 7. The maximum Gasteiger partial charge on any atom is 0.135 e. The molecule has 13 aromatic rings. The average Bonchev–Trinajstić information content (AvgIpc) is 4.02. The van der Waals surface area contributed by atoms with E-state index in [9.17, 15) is 0 Å². The number of hydrogen-bond acceptors (Lipinski definition) is 2. The van der Waals surface area contributed by atoms with Gasteiger partial charge in [-0.1, -0.05) is 127 Å². The van der Waals surface area contributed by atoms with Gasteiger partial charge in [0, 0.05) is 60.8 Å². The molecule has 64 heavy (non-hydrogen) atoms. The Morgan fingerprint density at radius 2 is 0.656 bits per heavy atom. The van der Waals surface area contributed by atoms with Gasteiger partial charge in [0.1, 0.15) is 11.2 Å². The Bertz CT molecular complexity index is 3820. The van der Waals surface area contributed by atoms with E-state index in [4.69, 9.17) is 4.42 Å². The summed E-state index contributed by atoms with van der Waals surface area (Å²) in [5.74, 6) is 0. The molecule has 0 aliphatic heterocycles. The molecule has 0 atom stereocenters. The van der Waals surface area contributed by atoms with Gasteiger partial charge in [-0.15, -0.1) is 0 Å². The number of benzene rings is 10. The topological polar surface area (TPSA) is 26.2 Å². The molecular weight excluding hydrogens is 779 g/mol. The van der Waals surface area contributed by atoms with E-state index in [0.29, 0.717) is 0 Å². The Morgan fingerprint density at radius 3 is 1.23 bits per heavy atom. The number of para-hydroxylation sites is 5. The second kappa shape index (κ2) is 14.5. The number of nitrogens with zero attached hydrogens (tertiary/aromatic N) is 3. The van der Waals surface area contributed by atoms with Gasteiger partial charge in [0.05, 0.1) is 22.1 Å². The van der Waals surface area contributed by atoms with Crippen LogP contribution in [-0.4, -0.2) is 9.13 Å². The Morgan fingerprint density at radius 1 is 0.266 bits per heavy atom. The van der Waals surface area contributed by atoms with Gasteiger partial charge >= 0.3 is 0 Å². The number of furan rings is 1. The first-order valence-corrected chi connectivity index (χ1v) is 21.8.